The Kier molecular flexibility index (Phi) is 41.8. The predicted octanol–water partition coefficient (Wildman–Crippen LogP) is 15.8. The quantitative estimate of drug-likeness (QED) is 0.0347. The molecule has 0 spiro atoms. The number of carbonyl (C=O) groups excluding carboxylic acids is 3. The average molecular weight is 793 g/mol. The van der Waals surface area contributed by atoms with Crippen LogP contribution in [0.3, 0.4) is 0 Å². The number of rotatable bonds is 44. The van der Waals surface area contributed by atoms with Crippen LogP contribution in [0, 0.1) is 11.8 Å². The zero-order valence-corrected chi connectivity index (χ0v) is 38.3. The van der Waals surface area contributed by atoms with Crippen LogP contribution in [0.5, 0.6) is 0 Å². The summed E-state index contributed by atoms with van der Waals surface area (Å²) < 4.78 is 16.8. The molecule has 0 rings (SSSR count). The Morgan fingerprint density at radius 1 is 0.375 bits per heavy atom. The van der Waals surface area contributed by atoms with Gasteiger partial charge in [0, 0.05) is 19.3 Å². The highest BCUT2D eigenvalue weighted by Gasteiger charge is 2.19. The molecule has 0 aliphatic rings. The second-order valence-electron chi connectivity index (χ2n) is 17.8. The van der Waals surface area contributed by atoms with E-state index in [1.54, 1.807) is 0 Å². The lowest BCUT2D eigenvalue weighted by molar-refractivity contribution is -0.167. The summed E-state index contributed by atoms with van der Waals surface area (Å²) in [5.74, 6) is 0.836. The molecular formula is C50H96O6. The first-order chi connectivity index (χ1) is 27.3. The van der Waals surface area contributed by atoms with Crippen molar-refractivity contribution in [2.45, 2.75) is 278 Å². The summed E-state index contributed by atoms with van der Waals surface area (Å²) in [5, 5.41) is 0. The van der Waals surface area contributed by atoms with E-state index in [-0.39, 0.29) is 31.1 Å². The maximum atomic E-state index is 12.7. The first kappa shape index (κ1) is 54.4. The summed E-state index contributed by atoms with van der Waals surface area (Å²) in [5.41, 5.74) is 0. The van der Waals surface area contributed by atoms with Gasteiger partial charge in [-0.15, -0.1) is 0 Å². The fourth-order valence-electron chi connectivity index (χ4n) is 7.43. The SMILES string of the molecule is CCCCCCCCCCCCCC(=O)O[C@H](COC(=O)CCCCCCCCCCCCC(C)C)COC(=O)CCCCCCCCCCCCC(C)CC. The molecule has 332 valence electrons. The summed E-state index contributed by atoms with van der Waals surface area (Å²) in [7, 11) is 0. The number of hydrogen-bond donors (Lipinski definition) is 0. The third-order valence-electron chi connectivity index (χ3n) is 11.6. The number of hydrogen-bond acceptors (Lipinski definition) is 6. The second kappa shape index (κ2) is 43.0. The van der Waals surface area contributed by atoms with E-state index in [1.807, 2.05) is 0 Å². The van der Waals surface area contributed by atoms with Crippen LogP contribution in [0.1, 0.15) is 272 Å². The molecular weight excluding hydrogens is 697 g/mol. The summed E-state index contributed by atoms with van der Waals surface area (Å²) >= 11 is 0. The maximum Gasteiger partial charge on any atom is 0.306 e. The van der Waals surface area contributed by atoms with Crippen molar-refractivity contribution in [1.29, 1.82) is 0 Å². The van der Waals surface area contributed by atoms with E-state index < -0.39 is 6.10 Å². The normalized spacial score (nSPS) is 12.5. The summed E-state index contributed by atoms with van der Waals surface area (Å²) in [6, 6.07) is 0. The first-order valence-corrected chi connectivity index (χ1v) is 24.8. The van der Waals surface area contributed by atoms with E-state index in [9.17, 15) is 14.4 Å². The molecule has 0 saturated carbocycles. The van der Waals surface area contributed by atoms with E-state index in [1.165, 1.54) is 161 Å². The molecule has 0 amide bonds. The highest BCUT2D eigenvalue weighted by atomic mass is 16.6. The van der Waals surface area contributed by atoms with E-state index in [2.05, 4.69) is 34.6 Å². The third kappa shape index (κ3) is 42.0. The Morgan fingerprint density at radius 3 is 1.02 bits per heavy atom. The molecule has 0 heterocycles. The summed E-state index contributed by atoms with van der Waals surface area (Å²) in [4.78, 5) is 37.8. The van der Waals surface area contributed by atoms with Gasteiger partial charge in [0.15, 0.2) is 6.10 Å². The highest BCUT2D eigenvalue weighted by molar-refractivity contribution is 5.71. The Morgan fingerprint density at radius 2 is 0.679 bits per heavy atom. The van der Waals surface area contributed by atoms with Gasteiger partial charge in [0.05, 0.1) is 0 Å². The molecule has 0 saturated heterocycles. The fourth-order valence-corrected chi connectivity index (χ4v) is 7.43. The molecule has 0 aromatic rings. The Hall–Kier alpha value is -1.59. The van der Waals surface area contributed by atoms with Gasteiger partial charge in [-0.3, -0.25) is 14.4 Å². The van der Waals surface area contributed by atoms with Gasteiger partial charge in [0.25, 0.3) is 0 Å². The molecule has 6 nitrogen and oxygen atoms in total. The van der Waals surface area contributed by atoms with Crippen LogP contribution in [0.25, 0.3) is 0 Å². The number of carbonyl (C=O) groups is 3. The van der Waals surface area contributed by atoms with E-state index in [4.69, 9.17) is 14.2 Å². The minimum Gasteiger partial charge on any atom is -0.462 e. The standard InChI is InChI=1S/C50H96O6/c1-6-8-9-10-11-12-13-22-27-32-37-42-50(53)56-47(43-54-48(51)40-35-30-25-20-16-14-18-23-28-33-38-45(3)4)44-55-49(52)41-36-31-26-21-17-15-19-24-29-34-39-46(5)7-2/h45-47H,6-44H2,1-5H3/t46?,47-/m1/s1. The topological polar surface area (TPSA) is 78.9 Å². The van der Waals surface area contributed by atoms with Gasteiger partial charge in [0.2, 0.25) is 0 Å². The largest absolute Gasteiger partial charge is 0.462 e. The molecule has 2 atom stereocenters. The van der Waals surface area contributed by atoms with Crippen molar-refractivity contribution < 1.29 is 28.6 Å². The smallest absolute Gasteiger partial charge is 0.306 e. The van der Waals surface area contributed by atoms with Crippen LogP contribution >= 0.6 is 0 Å². The van der Waals surface area contributed by atoms with Crippen molar-refractivity contribution in [3.05, 3.63) is 0 Å². The zero-order valence-electron chi connectivity index (χ0n) is 38.3. The Labute approximate surface area is 348 Å². The lowest BCUT2D eigenvalue weighted by Gasteiger charge is -2.18. The molecule has 0 bridgehead atoms. The second-order valence-corrected chi connectivity index (χ2v) is 17.8. The minimum atomic E-state index is -0.761. The molecule has 0 fully saturated rings. The van der Waals surface area contributed by atoms with Crippen molar-refractivity contribution in [2.24, 2.45) is 11.8 Å². The summed E-state index contributed by atoms with van der Waals surface area (Å²) in [6.07, 6.45) is 42.2. The molecule has 0 radical (unpaired) electrons. The number of esters is 3. The van der Waals surface area contributed by atoms with Crippen LogP contribution in [0.2, 0.25) is 0 Å². The lowest BCUT2D eigenvalue weighted by Crippen LogP contribution is -2.30. The predicted molar refractivity (Wildman–Crippen MR) is 238 cm³/mol. The zero-order chi connectivity index (χ0) is 41.2. The lowest BCUT2D eigenvalue weighted by atomic mass is 9.99. The monoisotopic (exact) mass is 793 g/mol. The van der Waals surface area contributed by atoms with E-state index in [0.29, 0.717) is 19.3 Å². The van der Waals surface area contributed by atoms with Gasteiger partial charge >= 0.3 is 17.9 Å². The molecule has 0 aromatic carbocycles. The van der Waals surface area contributed by atoms with Crippen molar-refractivity contribution in [3.8, 4) is 0 Å². The van der Waals surface area contributed by atoms with Crippen molar-refractivity contribution in [1.82, 2.24) is 0 Å². The van der Waals surface area contributed by atoms with Crippen LogP contribution < -0.4 is 0 Å². The molecule has 0 aromatic heterocycles. The minimum absolute atomic E-state index is 0.0643. The van der Waals surface area contributed by atoms with Crippen molar-refractivity contribution in [2.75, 3.05) is 13.2 Å². The van der Waals surface area contributed by atoms with Gasteiger partial charge in [-0.05, 0) is 31.1 Å². The van der Waals surface area contributed by atoms with Crippen molar-refractivity contribution >= 4 is 17.9 Å². The van der Waals surface area contributed by atoms with Gasteiger partial charge in [0.1, 0.15) is 13.2 Å². The van der Waals surface area contributed by atoms with E-state index in [0.717, 1.165) is 69.6 Å². The molecule has 0 aliphatic heterocycles. The molecule has 56 heavy (non-hydrogen) atoms. The molecule has 0 aliphatic carbocycles. The maximum absolute atomic E-state index is 12.7. The highest BCUT2D eigenvalue weighted by Crippen LogP contribution is 2.17. The Balaban J connectivity index is 4.32. The van der Waals surface area contributed by atoms with Crippen LogP contribution in [0.4, 0.5) is 0 Å². The number of ether oxygens (including phenoxy) is 3. The summed E-state index contributed by atoms with van der Waals surface area (Å²) in [6.45, 7) is 11.4. The first-order valence-electron chi connectivity index (χ1n) is 24.8. The van der Waals surface area contributed by atoms with Crippen LogP contribution in [-0.4, -0.2) is 37.2 Å². The molecule has 0 N–H and O–H groups in total. The van der Waals surface area contributed by atoms with E-state index >= 15 is 0 Å². The van der Waals surface area contributed by atoms with Gasteiger partial charge < -0.3 is 14.2 Å². The van der Waals surface area contributed by atoms with Gasteiger partial charge in [-0.2, -0.15) is 0 Å². The Bertz CT molecular complexity index is 856. The molecule has 1 unspecified atom stereocenters. The van der Waals surface area contributed by atoms with Gasteiger partial charge in [-0.1, -0.05) is 234 Å². The van der Waals surface area contributed by atoms with Crippen LogP contribution in [-0.2, 0) is 28.6 Å². The third-order valence-corrected chi connectivity index (χ3v) is 11.6. The molecule has 6 heteroatoms. The van der Waals surface area contributed by atoms with Crippen molar-refractivity contribution in [3.63, 3.8) is 0 Å². The van der Waals surface area contributed by atoms with Crippen LogP contribution in [0.15, 0.2) is 0 Å². The average Bonchev–Trinajstić information content (AvgIpc) is 3.18. The number of unbranched alkanes of at least 4 members (excludes halogenated alkanes) is 28. The fraction of sp³-hybridized carbons (Fsp3) is 0.940. The van der Waals surface area contributed by atoms with Gasteiger partial charge in [-0.25, -0.2) is 0 Å².